The second kappa shape index (κ2) is 7.63. The lowest BCUT2D eigenvalue weighted by Gasteiger charge is -2.32. The van der Waals surface area contributed by atoms with Gasteiger partial charge in [0, 0.05) is 5.69 Å². The summed E-state index contributed by atoms with van der Waals surface area (Å²) in [5, 5.41) is 10.2. The van der Waals surface area contributed by atoms with Gasteiger partial charge in [0.15, 0.2) is 0 Å². The number of aromatic nitrogens is 3. The lowest BCUT2D eigenvalue weighted by molar-refractivity contribution is -0.137. The Balaban J connectivity index is 1.64. The number of hydrogen-bond acceptors (Lipinski definition) is 5. The van der Waals surface area contributed by atoms with E-state index in [1.54, 1.807) is 23.7 Å². The maximum Gasteiger partial charge on any atom is 0.416 e. The zero-order valence-electron chi connectivity index (χ0n) is 15.4. The summed E-state index contributed by atoms with van der Waals surface area (Å²) in [6.07, 6.45) is -4.52. The number of nitrogens with one attached hydrogen (secondary N) is 2. The number of rotatable bonds is 3. The Labute approximate surface area is 172 Å². The topological polar surface area (TPSA) is 71.8 Å². The minimum atomic E-state index is -4.52. The first-order valence-corrected chi connectivity index (χ1v) is 9.69. The fourth-order valence-corrected chi connectivity index (χ4v) is 4.19. The number of nitrogens with zero attached hydrogens (tertiary/aromatic N) is 3. The highest BCUT2D eigenvalue weighted by Crippen LogP contribution is 2.38. The van der Waals surface area contributed by atoms with Gasteiger partial charge in [-0.3, -0.25) is 4.79 Å². The Morgan fingerprint density at radius 3 is 2.60 bits per heavy atom. The Kier molecular flexibility index (Phi) is 5.14. The third-order valence-corrected chi connectivity index (χ3v) is 5.76. The van der Waals surface area contributed by atoms with Crippen molar-refractivity contribution in [3.63, 3.8) is 0 Å². The van der Waals surface area contributed by atoms with Crippen molar-refractivity contribution in [2.24, 2.45) is 0 Å². The van der Waals surface area contributed by atoms with Crippen molar-refractivity contribution in [2.45, 2.75) is 29.5 Å². The highest BCUT2D eigenvalue weighted by atomic mass is 32.2. The van der Waals surface area contributed by atoms with Crippen LogP contribution in [-0.4, -0.2) is 26.0 Å². The van der Waals surface area contributed by atoms with Gasteiger partial charge in [-0.1, -0.05) is 30.0 Å². The normalized spacial score (nSPS) is 18.4. The predicted molar refractivity (Wildman–Crippen MR) is 103 cm³/mol. The number of halogens is 4. The molecule has 0 unspecified atom stereocenters. The minimum Gasteiger partial charge on any atom is -0.325 e. The van der Waals surface area contributed by atoms with Gasteiger partial charge in [0.2, 0.25) is 11.1 Å². The lowest BCUT2D eigenvalue weighted by Crippen LogP contribution is -2.41. The summed E-state index contributed by atoms with van der Waals surface area (Å²) in [6, 6.07) is 9.46. The molecule has 0 radical (unpaired) electrons. The van der Waals surface area contributed by atoms with Gasteiger partial charge >= 0.3 is 6.18 Å². The molecular formula is C19H15F4N5OS. The Morgan fingerprint density at radius 1 is 1.17 bits per heavy atom. The van der Waals surface area contributed by atoms with Crippen molar-refractivity contribution in [1.82, 2.24) is 14.9 Å². The minimum absolute atomic E-state index is 0.0245. The molecule has 2 heterocycles. The number of aryl methyl sites for hydroxylation is 1. The molecule has 2 atom stereocenters. The van der Waals surface area contributed by atoms with Crippen LogP contribution in [0.1, 0.15) is 23.0 Å². The Morgan fingerprint density at radius 2 is 1.90 bits per heavy atom. The summed E-state index contributed by atoms with van der Waals surface area (Å²) in [7, 11) is 0. The van der Waals surface area contributed by atoms with Crippen LogP contribution in [0.25, 0.3) is 0 Å². The molecule has 0 bridgehead atoms. The zero-order valence-corrected chi connectivity index (χ0v) is 16.3. The molecule has 2 aromatic carbocycles. The fraction of sp³-hybridized carbons (Fsp3) is 0.211. The smallest absolute Gasteiger partial charge is 0.325 e. The van der Waals surface area contributed by atoms with E-state index < -0.39 is 34.8 Å². The molecule has 3 aromatic rings. The van der Waals surface area contributed by atoms with E-state index in [1.807, 2.05) is 0 Å². The third kappa shape index (κ3) is 3.97. The highest BCUT2D eigenvalue weighted by molar-refractivity contribution is 8.00. The van der Waals surface area contributed by atoms with E-state index in [9.17, 15) is 22.4 Å². The molecule has 1 aliphatic rings. The van der Waals surface area contributed by atoms with Gasteiger partial charge in [-0.25, -0.2) is 9.07 Å². The highest BCUT2D eigenvalue weighted by Gasteiger charge is 2.38. The van der Waals surface area contributed by atoms with Gasteiger partial charge < -0.3 is 10.7 Å². The van der Waals surface area contributed by atoms with Crippen molar-refractivity contribution >= 4 is 23.4 Å². The van der Waals surface area contributed by atoms with Gasteiger partial charge in [0.25, 0.3) is 0 Å². The van der Waals surface area contributed by atoms with Crippen molar-refractivity contribution in [2.75, 3.05) is 10.7 Å². The van der Waals surface area contributed by atoms with Crippen LogP contribution >= 0.6 is 11.8 Å². The maximum absolute atomic E-state index is 13.4. The van der Waals surface area contributed by atoms with E-state index in [0.29, 0.717) is 16.5 Å². The molecule has 1 aliphatic heterocycles. The standard InChI is InChI=1S/C19H15F4N5OS/c1-10-25-26-18-28(10)27-15(11-5-7-13(20)8-6-11)16(30-18)17(29)24-14-4-2-3-12(9-14)19(21,22)23/h2-9,15-16,27H,1H3,(H,24,29)/t15-,16+/m1/s1. The van der Waals surface area contributed by atoms with Crippen LogP contribution in [0.5, 0.6) is 0 Å². The van der Waals surface area contributed by atoms with Gasteiger partial charge in [-0.2, -0.15) is 13.2 Å². The summed E-state index contributed by atoms with van der Waals surface area (Å²) in [5.74, 6) is -0.372. The average molecular weight is 437 g/mol. The number of carbonyl (C=O) groups is 1. The molecule has 4 rings (SSSR count). The maximum atomic E-state index is 13.4. The number of carbonyl (C=O) groups excluding carboxylic acids is 1. The van der Waals surface area contributed by atoms with Crippen molar-refractivity contribution in [3.8, 4) is 0 Å². The van der Waals surface area contributed by atoms with Crippen LogP contribution in [0.4, 0.5) is 23.2 Å². The second-order valence-corrected chi connectivity index (χ2v) is 7.74. The number of amides is 1. The van der Waals surface area contributed by atoms with E-state index in [4.69, 9.17) is 0 Å². The first-order chi connectivity index (χ1) is 14.2. The Bertz CT molecular complexity index is 1080. The number of alkyl halides is 3. The quantitative estimate of drug-likeness (QED) is 0.603. The molecule has 1 amide bonds. The average Bonchev–Trinajstić information content (AvgIpc) is 3.07. The van der Waals surface area contributed by atoms with Crippen LogP contribution in [0.3, 0.4) is 0 Å². The van der Waals surface area contributed by atoms with Crippen LogP contribution < -0.4 is 10.7 Å². The monoisotopic (exact) mass is 437 g/mol. The first kappa shape index (κ1) is 20.2. The number of anilines is 1. The molecule has 11 heteroatoms. The van der Waals surface area contributed by atoms with Crippen LogP contribution in [0, 0.1) is 12.7 Å². The lowest BCUT2D eigenvalue weighted by atomic mass is 10.0. The fourth-order valence-electron chi connectivity index (χ4n) is 3.07. The van der Waals surface area contributed by atoms with Gasteiger partial charge in [0.1, 0.15) is 16.9 Å². The predicted octanol–water partition coefficient (Wildman–Crippen LogP) is 4.14. The number of hydrogen-bond donors (Lipinski definition) is 2. The van der Waals surface area contributed by atoms with Crippen molar-refractivity contribution < 1.29 is 22.4 Å². The van der Waals surface area contributed by atoms with Crippen LogP contribution in [0.2, 0.25) is 0 Å². The molecule has 0 aliphatic carbocycles. The SMILES string of the molecule is Cc1nnc2n1N[C@H](c1ccc(F)cc1)[C@@H](C(=O)Nc1cccc(C(F)(F)F)c1)S2. The van der Waals surface area contributed by atoms with E-state index in [-0.39, 0.29) is 5.69 Å². The van der Waals surface area contributed by atoms with Gasteiger partial charge in [-0.05, 0) is 42.8 Å². The summed E-state index contributed by atoms with van der Waals surface area (Å²) in [6.45, 7) is 1.73. The van der Waals surface area contributed by atoms with Crippen molar-refractivity contribution in [3.05, 3.63) is 71.3 Å². The van der Waals surface area contributed by atoms with E-state index in [0.717, 1.165) is 23.9 Å². The second-order valence-electron chi connectivity index (χ2n) is 6.63. The Hall–Kier alpha value is -3.08. The first-order valence-electron chi connectivity index (χ1n) is 8.81. The third-order valence-electron chi connectivity index (χ3n) is 4.54. The van der Waals surface area contributed by atoms with Crippen molar-refractivity contribution in [1.29, 1.82) is 0 Å². The number of fused-ring (bicyclic) bond motifs is 1. The molecule has 0 saturated heterocycles. The summed E-state index contributed by atoms with van der Waals surface area (Å²) in [4.78, 5) is 13.0. The van der Waals surface area contributed by atoms with Crippen LogP contribution in [0.15, 0.2) is 53.7 Å². The van der Waals surface area contributed by atoms with Crippen LogP contribution in [-0.2, 0) is 11.0 Å². The van der Waals surface area contributed by atoms with E-state index in [1.165, 1.54) is 24.3 Å². The molecule has 0 spiro atoms. The zero-order chi connectivity index (χ0) is 21.5. The molecule has 6 nitrogen and oxygen atoms in total. The molecule has 0 saturated carbocycles. The van der Waals surface area contributed by atoms with E-state index in [2.05, 4.69) is 20.9 Å². The molecule has 30 heavy (non-hydrogen) atoms. The summed E-state index contributed by atoms with van der Waals surface area (Å²) in [5.41, 5.74) is 2.94. The summed E-state index contributed by atoms with van der Waals surface area (Å²) < 4.78 is 53.9. The van der Waals surface area contributed by atoms with Gasteiger partial charge in [0.05, 0.1) is 11.6 Å². The molecule has 1 aromatic heterocycles. The summed E-state index contributed by atoms with van der Waals surface area (Å²) >= 11 is 1.12. The van der Waals surface area contributed by atoms with E-state index >= 15 is 0 Å². The largest absolute Gasteiger partial charge is 0.416 e. The number of benzene rings is 2. The molecular weight excluding hydrogens is 422 g/mol. The molecule has 156 valence electrons. The molecule has 0 fully saturated rings. The molecule has 2 N–H and O–H groups in total. The van der Waals surface area contributed by atoms with Gasteiger partial charge in [-0.15, -0.1) is 10.2 Å². The number of thioether (sulfide) groups is 1.